The van der Waals surface area contributed by atoms with E-state index in [0.717, 1.165) is 11.4 Å². The SMILES string of the molecule is CC(C)(C)Nc1ccc(C(N)=S)cn1. The third-order valence-electron chi connectivity index (χ3n) is 1.55. The van der Waals surface area contributed by atoms with Crippen LogP contribution >= 0.6 is 12.2 Å². The molecule has 76 valence electrons. The fourth-order valence-corrected chi connectivity index (χ4v) is 1.12. The topological polar surface area (TPSA) is 50.9 Å². The molecule has 0 bridgehead atoms. The number of nitrogens with two attached hydrogens (primary N) is 1. The molecule has 0 aliphatic heterocycles. The van der Waals surface area contributed by atoms with Gasteiger partial charge in [-0.1, -0.05) is 12.2 Å². The van der Waals surface area contributed by atoms with Crippen molar-refractivity contribution < 1.29 is 0 Å². The van der Waals surface area contributed by atoms with Crippen LogP contribution in [0.2, 0.25) is 0 Å². The zero-order valence-electron chi connectivity index (χ0n) is 8.66. The van der Waals surface area contributed by atoms with Crippen LogP contribution in [0.5, 0.6) is 0 Å². The first-order chi connectivity index (χ1) is 6.38. The van der Waals surface area contributed by atoms with Crippen molar-refractivity contribution in [2.24, 2.45) is 5.73 Å². The lowest BCUT2D eigenvalue weighted by Crippen LogP contribution is -2.26. The first kappa shape index (κ1) is 10.9. The van der Waals surface area contributed by atoms with E-state index in [0.29, 0.717) is 4.99 Å². The third-order valence-corrected chi connectivity index (χ3v) is 1.79. The highest BCUT2D eigenvalue weighted by Gasteiger charge is 2.09. The van der Waals surface area contributed by atoms with Crippen molar-refractivity contribution in [3.63, 3.8) is 0 Å². The molecule has 0 radical (unpaired) electrons. The molecule has 0 unspecified atom stereocenters. The van der Waals surface area contributed by atoms with Crippen molar-refractivity contribution in [3.05, 3.63) is 23.9 Å². The second-order valence-electron chi connectivity index (χ2n) is 4.17. The van der Waals surface area contributed by atoms with Gasteiger partial charge in [-0.15, -0.1) is 0 Å². The highest BCUT2D eigenvalue weighted by molar-refractivity contribution is 7.80. The van der Waals surface area contributed by atoms with Crippen LogP contribution in [0.4, 0.5) is 5.82 Å². The molecule has 0 aliphatic rings. The standard InChI is InChI=1S/C10H15N3S/c1-10(2,3)13-8-5-4-7(6-12-8)9(11)14/h4-6H,1-3H3,(H2,11,14)(H,12,13). The molecule has 0 spiro atoms. The third kappa shape index (κ3) is 3.30. The van der Waals surface area contributed by atoms with Gasteiger partial charge in [0.25, 0.3) is 0 Å². The molecule has 0 amide bonds. The Balaban J connectivity index is 2.79. The minimum absolute atomic E-state index is 0.0116. The van der Waals surface area contributed by atoms with Crippen molar-refractivity contribution in [2.45, 2.75) is 26.3 Å². The number of rotatable bonds is 2. The highest BCUT2D eigenvalue weighted by Crippen LogP contribution is 2.11. The van der Waals surface area contributed by atoms with Gasteiger partial charge in [0.2, 0.25) is 0 Å². The van der Waals surface area contributed by atoms with Crippen molar-refractivity contribution in [1.82, 2.24) is 4.98 Å². The normalized spacial score (nSPS) is 11.1. The van der Waals surface area contributed by atoms with Crippen molar-refractivity contribution in [3.8, 4) is 0 Å². The minimum Gasteiger partial charge on any atom is -0.389 e. The van der Waals surface area contributed by atoms with Gasteiger partial charge in [0.05, 0.1) is 0 Å². The number of nitrogens with zero attached hydrogens (tertiary/aromatic N) is 1. The molecule has 1 heterocycles. The molecule has 4 heteroatoms. The summed E-state index contributed by atoms with van der Waals surface area (Å²) in [6, 6.07) is 3.74. The predicted molar refractivity (Wildman–Crippen MR) is 63.5 cm³/mol. The Bertz CT molecular complexity index is 324. The summed E-state index contributed by atoms with van der Waals surface area (Å²) in [5, 5.41) is 3.25. The van der Waals surface area contributed by atoms with Crippen LogP contribution in [0.15, 0.2) is 18.3 Å². The summed E-state index contributed by atoms with van der Waals surface area (Å²) in [5.74, 6) is 0.831. The van der Waals surface area contributed by atoms with Crippen LogP contribution in [0, 0.1) is 0 Å². The summed E-state index contributed by atoms with van der Waals surface area (Å²) in [6.07, 6.45) is 1.68. The average molecular weight is 209 g/mol. The minimum atomic E-state index is 0.0116. The molecule has 1 rings (SSSR count). The molecule has 0 atom stereocenters. The van der Waals surface area contributed by atoms with Gasteiger partial charge < -0.3 is 11.1 Å². The number of nitrogens with one attached hydrogen (secondary N) is 1. The Labute approximate surface area is 89.7 Å². The first-order valence-electron chi connectivity index (χ1n) is 4.42. The van der Waals surface area contributed by atoms with E-state index in [-0.39, 0.29) is 5.54 Å². The maximum Gasteiger partial charge on any atom is 0.126 e. The van der Waals surface area contributed by atoms with E-state index in [4.69, 9.17) is 18.0 Å². The molecule has 3 N–H and O–H groups in total. The number of anilines is 1. The van der Waals surface area contributed by atoms with Crippen molar-refractivity contribution >= 4 is 23.0 Å². The van der Waals surface area contributed by atoms with Crippen LogP contribution in [0.1, 0.15) is 26.3 Å². The summed E-state index contributed by atoms with van der Waals surface area (Å²) in [5.41, 5.74) is 6.26. The molecule has 0 aliphatic carbocycles. The molecule has 1 aromatic rings. The van der Waals surface area contributed by atoms with Gasteiger partial charge in [-0.3, -0.25) is 0 Å². The molecule has 0 fully saturated rings. The molecule has 0 aromatic carbocycles. The summed E-state index contributed by atoms with van der Waals surface area (Å²) in [6.45, 7) is 6.24. The van der Waals surface area contributed by atoms with Crippen molar-refractivity contribution in [1.29, 1.82) is 0 Å². The van der Waals surface area contributed by atoms with Crippen LogP contribution in [-0.4, -0.2) is 15.5 Å². The maximum atomic E-state index is 5.46. The lowest BCUT2D eigenvalue weighted by atomic mass is 10.1. The van der Waals surface area contributed by atoms with Crippen molar-refractivity contribution in [2.75, 3.05) is 5.32 Å². The van der Waals surface area contributed by atoms with Crippen LogP contribution in [0.25, 0.3) is 0 Å². The lowest BCUT2D eigenvalue weighted by molar-refractivity contribution is 0.630. The van der Waals surface area contributed by atoms with E-state index in [2.05, 4.69) is 31.1 Å². The van der Waals surface area contributed by atoms with E-state index in [9.17, 15) is 0 Å². The summed E-state index contributed by atoms with van der Waals surface area (Å²) in [4.78, 5) is 4.58. The fourth-order valence-electron chi connectivity index (χ4n) is 0.998. The molecular formula is C10H15N3S. The van der Waals surface area contributed by atoms with Gasteiger partial charge in [-0.2, -0.15) is 0 Å². The maximum absolute atomic E-state index is 5.46. The number of thiocarbonyl (C=S) groups is 1. The molecule has 14 heavy (non-hydrogen) atoms. The number of aromatic nitrogens is 1. The Kier molecular flexibility index (Phi) is 3.06. The Hall–Kier alpha value is -1.16. The predicted octanol–water partition coefficient (Wildman–Crippen LogP) is 1.93. The molecule has 1 aromatic heterocycles. The molecule has 0 saturated heterocycles. The van der Waals surface area contributed by atoms with E-state index in [1.807, 2.05) is 12.1 Å². The van der Waals surface area contributed by atoms with E-state index in [1.165, 1.54) is 0 Å². The Morgan fingerprint density at radius 3 is 2.43 bits per heavy atom. The van der Waals surface area contributed by atoms with Gasteiger partial charge in [-0.25, -0.2) is 4.98 Å². The van der Waals surface area contributed by atoms with Gasteiger partial charge in [0, 0.05) is 17.3 Å². The average Bonchev–Trinajstić information content (AvgIpc) is 2.02. The number of hydrogen-bond donors (Lipinski definition) is 2. The van der Waals surface area contributed by atoms with E-state index >= 15 is 0 Å². The van der Waals surface area contributed by atoms with Crippen LogP contribution in [0.3, 0.4) is 0 Å². The zero-order valence-corrected chi connectivity index (χ0v) is 9.48. The van der Waals surface area contributed by atoms with Gasteiger partial charge in [0.15, 0.2) is 0 Å². The molecule has 3 nitrogen and oxygen atoms in total. The van der Waals surface area contributed by atoms with E-state index < -0.39 is 0 Å². The summed E-state index contributed by atoms with van der Waals surface area (Å²) >= 11 is 4.83. The fraction of sp³-hybridized carbons (Fsp3) is 0.400. The Morgan fingerprint density at radius 1 is 1.43 bits per heavy atom. The smallest absolute Gasteiger partial charge is 0.126 e. The molecule has 0 saturated carbocycles. The van der Waals surface area contributed by atoms with Crippen LogP contribution < -0.4 is 11.1 Å². The van der Waals surface area contributed by atoms with Gasteiger partial charge in [-0.05, 0) is 32.9 Å². The number of hydrogen-bond acceptors (Lipinski definition) is 3. The lowest BCUT2D eigenvalue weighted by Gasteiger charge is -2.21. The second-order valence-corrected chi connectivity index (χ2v) is 4.61. The summed E-state index contributed by atoms with van der Waals surface area (Å²) < 4.78 is 0. The first-order valence-corrected chi connectivity index (χ1v) is 4.83. The van der Waals surface area contributed by atoms with Gasteiger partial charge in [0.1, 0.15) is 10.8 Å². The second kappa shape index (κ2) is 3.92. The Morgan fingerprint density at radius 2 is 2.07 bits per heavy atom. The zero-order chi connectivity index (χ0) is 10.8. The largest absolute Gasteiger partial charge is 0.389 e. The number of pyridine rings is 1. The monoisotopic (exact) mass is 209 g/mol. The quantitative estimate of drug-likeness (QED) is 0.731. The van der Waals surface area contributed by atoms with E-state index in [1.54, 1.807) is 6.20 Å². The molecular weight excluding hydrogens is 194 g/mol. The summed E-state index contributed by atoms with van der Waals surface area (Å²) in [7, 11) is 0. The van der Waals surface area contributed by atoms with Crippen LogP contribution in [-0.2, 0) is 0 Å². The highest BCUT2D eigenvalue weighted by atomic mass is 32.1. The van der Waals surface area contributed by atoms with Gasteiger partial charge >= 0.3 is 0 Å².